The Kier molecular flexibility index (Phi) is 17.3. The van der Waals surface area contributed by atoms with E-state index in [-0.39, 0.29) is 48.5 Å². The van der Waals surface area contributed by atoms with E-state index in [4.69, 9.17) is 14.2 Å². The lowest BCUT2D eigenvalue weighted by molar-refractivity contribution is -0.143. The number of esters is 1. The van der Waals surface area contributed by atoms with Gasteiger partial charge in [-0.15, -0.1) is 0 Å². The van der Waals surface area contributed by atoms with Crippen LogP contribution in [0.15, 0.2) is 0 Å². The number of rotatable bonds is 23. The topological polar surface area (TPSA) is 105 Å². The summed E-state index contributed by atoms with van der Waals surface area (Å²) in [4.78, 5) is 11.8. The molecule has 7 nitrogen and oxygen atoms in total. The van der Waals surface area contributed by atoms with Crippen molar-refractivity contribution >= 4 is 5.97 Å². The summed E-state index contributed by atoms with van der Waals surface area (Å²) in [5.41, 5.74) is 0. The Hall–Kier alpha value is -0.730. The SMILES string of the molecule is CCCCCCCCCC[C@H](O)[C@H]1CC[C@H]([C@H]2CC[C@H]([C@H](O)CCCCCCCCCC[C@@H]3C(=O)O[C@H](C)[C@@H]3O)O2)O1. The van der Waals surface area contributed by atoms with Gasteiger partial charge in [0.15, 0.2) is 0 Å². The molecule has 0 aliphatic carbocycles. The maximum atomic E-state index is 11.8. The third-order valence-corrected chi connectivity index (χ3v) is 10.1. The smallest absolute Gasteiger partial charge is 0.312 e. The molecule has 3 fully saturated rings. The average Bonchev–Trinajstić information content (AvgIpc) is 3.72. The van der Waals surface area contributed by atoms with Crippen LogP contribution >= 0.6 is 0 Å². The Morgan fingerprint density at radius 1 is 0.667 bits per heavy atom. The van der Waals surface area contributed by atoms with E-state index in [9.17, 15) is 20.1 Å². The summed E-state index contributed by atoms with van der Waals surface area (Å²) in [6.45, 7) is 4.01. The molecule has 0 saturated carbocycles. The highest BCUT2D eigenvalue weighted by molar-refractivity contribution is 5.75. The Morgan fingerprint density at radius 3 is 1.52 bits per heavy atom. The van der Waals surface area contributed by atoms with E-state index in [0.29, 0.717) is 0 Å². The highest BCUT2D eigenvalue weighted by Crippen LogP contribution is 2.35. The van der Waals surface area contributed by atoms with Crippen molar-refractivity contribution in [2.24, 2.45) is 5.92 Å². The molecule has 0 aromatic carbocycles. The van der Waals surface area contributed by atoms with Crippen molar-refractivity contribution in [1.29, 1.82) is 0 Å². The molecule has 3 saturated heterocycles. The first-order valence-corrected chi connectivity index (χ1v) is 18.0. The number of aliphatic hydroxyl groups excluding tert-OH is 3. The second-order valence-electron chi connectivity index (χ2n) is 13.6. The molecule has 0 aromatic rings. The normalized spacial score (nSPS) is 31.1. The van der Waals surface area contributed by atoms with Crippen LogP contribution in [0, 0.1) is 5.92 Å². The number of ether oxygens (including phenoxy) is 3. The van der Waals surface area contributed by atoms with Crippen molar-refractivity contribution < 1.29 is 34.3 Å². The van der Waals surface area contributed by atoms with Gasteiger partial charge in [-0.25, -0.2) is 0 Å². The van der Waals surface area contributed by atoms with E-state index >= 15 is 0 Å². The summed E-state index contributed by atoms with van der Waals surface area (Å²) in [5.74, 6) is -0.578. The molecule has 3 N–H and O–H groups in total. The van der Waals surface area contributed by atoms with Gasteiger partial charge in [0.2, 0.25) is 0 Å². The number of carbonyl (C=O) groups excluding carboxylic acids is 1. The quantitative estimate of drug-likeness (QED) is 0.0849. The maximum absolute atomic E-state index is 11.8. The number of cyclic esters (lactones) is 1. The van der Waals surface area contributed by atoms with Gasteiger partial charge in [-0.05, 0) is 51.9 Å². The fourth-order valence-corrected chi connectivity index (χ4v) is 7.22. The molecule has 246 valence electrons. The summed E-state index contributed by atoms with van der Waals surface area (Å²) < 4.78 is 17.7. The van der Waals surface area contributed by atoms with Crippen molar-refractivity contribution in [2.45, 2.75) is 210 Å². The lowest BCUT2D eigenvalue weighted by Gasteiger charge is -2.24. The molecule has 3 aliphatic heterocycles. The number of hydrogen-bond acceptors (Lipinski definition) is 7. The first kappa shape index (κ1) is 35.7. The minimum Gasteiger partial charge on any atom is -0.460 e. The van der Waals surface area contributed by atoms with Gasteiger partial charge < -0.3 is 29.5 Å². The average molecular weight is 597 g/mol. The molecule has 3 aliphatic rings. The van der Waals surface area contributed by atoms with Gasteiger partial charge in [-0.2, -0.15) is 0 Å². The second kappa shape index (κ2) is 20.3. The molecule has 7 heteroatoms. The van der Waals surface area contributed by atoms with Crippen molar-refractivity contribution in [2.75, 3.05) is 0 Å². The Morgan fingerprint density at radius 2 is 1.10 bits per heavy atom. The van der Waals surface area contributed by atoms with E-state index in [1.54, 1.807) is 6.92 Å². The van der Waals surface area contributed by atoms with Crippen LogP contribution in [0.5, 0.6) is 0 Å². The molecule has 0 aromatic heterocycles. The predicted molar refractivity (Wildman–Crippen MR) is 166 cm³/mol. The lowest BCUT2D eigenvalue weighted by atomic mass is 9.95. The van der Waals surface area contributed by atoms with Gasteiger partial charge in [0.1, 0.15) is 12.2 Å². The predicted octanol–water partition coefficient (Wildman–Crippen LogP) is 7.16. The summed E-state index contributed by atoms with van der Waals surface area (Å²) in [6, 6.07) is 0. The lowest BCUT2D eigenvalue weighted by Crippen LogP contribution is -2.33. The third kappa shape index (κ3) is 12.3. The molecular formula is C35H64O7. The van der Waals surface area contributed by atoms with Gasteiger partial charge in [-0.1, -0.05) is 110 Å². The molecular weight excluding hydrogens is 532 g/mol. The van der Waals surface area contributed by atoms with Crippen molar-refractivity contribution in [3.8, 4) is 0 Å². The van der Waals surface area contributed by atoms with Gasteiger partial charge in [0.05, 0.1) is 42.5 Å². The highest BCUT2D eigenvalue weighted by Gasteiger charge is 2.41. The van der Waals surface area contributed by atoms with Gasteiger partial charge in [-0.3, -0.25) is 4.79 Å². The fourth-order valence-electron chi connectivity index (χ4n) is 7.22. The minimum absolute atomic E-state index is 0.0518. The largest absolute Gasteiger partial charge is 0.460 e. The van der Waals surface area contributed by atoms with Crippen LogP contribution in [0.1, 0.15) is 162 Å². The Bertz CT molecular complexity index is 717. The van der Waals surface area contributed by atoms with Crippen LogP contribution in [0.4, 0.5) is 0 Å². The van der Waals surface area contributed by atoms with E-state index < -0.39 is 12.2 Å². The van der Waals surface area contributed by atoms with Crippen molar-refractivity contribution in [1.82, 2.24) is 0 Å². The van der Waals surface area contributed by atoms with Crippen molar-refractivity contribution in [3.63, 3.8) is 0 Å². The van der Waals surface area contributed by atoms with E-state index in [2.05, 4.69) is 6.92 Å². The Balaban J connectivity index is 1.14. The van der Waals surface area contributed by atoms with Crippen LogP contribution in [0.25, 0.3) is 0 Å². The standard InChI is InChI=1S/C35H64O7/c1-3-4-5-6-7-11-14-17-20-28(36)30-22-24-32(41-30)33-25-23-31(42-33)29(37)21-18-15-12-9-8-10-13-16-19-27-34(38)26(2)40-35(27)39/h26-34,36-38H,3-25H2,1-2H3/t26-,27+,28+,29-,30-,31-,32-,33-,34+/m1/s1. The molecule has 0 spiro atoms. The van der Waals surface area contributed by atoms with Crippen LogP contribution in [-0.2, 0) is 19.0 Å². The zero-order valence-electron chi connectivity index (χ0n) is 26.9. The monoisotopic (exact) mass is 596 g/mol. The Labute approximate surface area is 256 Å². The number of aliphatic hydroxyl groups is 3. The summed E-state index contributed by atoms with van der Waals surface area (Å²) in [7, 11) is 0. The number of unbranched alkanes of at least 4 members (excludes halogenated alkanes) is 14. The molecule has 9 atom stereocenters. The summed E-state index contributed by atoms with van der Waals surface area (Å²) in [5, 5.41) is 31.4. The van der Waals surface area contributed by atoms with E-state index in [0.717, 1.165) is 83.5 Å². The molecule has 3 rings (SSSR count). The van der Waals surface area contributed by atoms with Crippen LogP contribution in [0.2, 0.25) is 0 Å². The molecule has 0 unspecified atom stereocenters. The molecule has 0 amide bonds. The molecule has 0 bridgehead atoms. The van der Waals surface area contributed by atoms with Crippen LogP contribution in [0.3, 0.4) is 0 Å². The van der Waals surface area contributed by atoms with Gasteiger partial charge in [0.25, 0.3) is 0 Å². The molecule has 3 heterocycles. The zero-order chi connectivity index (χ0) is 30.2. The first-order valence-electron chi connectivity index (χ1n) is 18.0. The number of hydrogen-bond donors (Lipinski definition) is 3. The first-order chi connectivity index (χ1) is 20.4. The van der Waals surface area contributed by atoms with Crippen LogP contribution < -0.4 is 0 Å². The zero-order valence-corrected chi connectivity index (χ0v) is 26.9. The summed E-state index contributed by atoms with van der Waals surface area (Å²) >= 11 is 0. The number of carbonyl (C=O) groups is 1. The fraction of sp³-hybridized carbons (Fsp3) is 0.971. The van der Waals surface area contributed by atoms with E-state index in [1.165, 1.54) is 64.2 Å². The van der Waals surface area contributed by atoms with Gasteiger partial charge >= 0.3 is 5.97 Å². The van der Waals surface area contributed by atoms with Gasteiger partial charge in [0, 0.05) is 0 Å². The van der Waals surface area contributed by atoms with Crippen molar-refractivity contribution in [3.05, 3.63) is 0 Å². The minimum atomic E-state index is -0.648. The van der Waals surface area contributed by atoms with Crippen LogP contribution in [-0.4, -0.2) is 70.1 Å². The van der Waals surface area contributed by atoms with E-state index in [1.807, 2.05) is 0 Å². The molecule has 0 radical (unpaired) electrons. The maximum Gasteiger partial charge on any atom is 0.312 e. The molecule has 42 heavy (non-hydrogen) atoms. The third-order valence-electron chi connectivity index (χ3n) is 10.1. The summed E-state index contributed by atoms with van der Waals surface area (Å²) in [6.07, 6.45) is 23.4. The second-order valence-corrected chi connectivity index (χ2v) is 13.6. The highest BCUT2D eigenvalue weighted by atomic mass is 16.6.